The van der Waals surface area contributed by atoms with Crippen LogP contribution in [0.5, 0.6) is 11.5 Å². The Morgan fingerprint density at radius 1 is 0.440 bits per heavy atom. The van der Waals surface area contributed by atoms with Gasteiger partial charge in [0.2, 0.25) is 36.4 Å². The van der Waals surface area contributed by atoms with Gasteiger partial charge in [0, 0.05) is 78.7 Å². The monoisotopic (exact) mass is 1060 g/mol. The molecule has 0 aromatic heterocycles. The van der Waals surface area contributed by atoms with Crippen molar-refractivity contribution in [1.29, 1.82) is 0 Å². The van der Waals surface area contributed by atoms with E-state index in [0.29, 0.717) is 0 Å². The topological polar surface area (TPSA) is 388 Å². The zero-order valence-electron chi connectivity index (χ0n) is 41.0. The summed E-state index contributed by atoms with van der Waals surface area (Å²) in [5.74, 6) is -11.4. The van der Waals surface area contributed by atoms with Crippen molar-refractivity contribution in [3.63, 3.8) is 0 Å². The predicted octanol–water partition coefficient (Wildman–Crippen LogP) is 0.685. The van der Waals surface area contributed by atoms with Crippen LogP contribution in [0.15, 0.2) is 60.1 Å². The Labute approximate surface area is 424 Å². The number of Topliss-reactive ketones (excluding diaryl/α,β-unsaturated/α-hetero) is 2. The predicted molar refractivity (Wildman–Crippen MR) is 239 cm³/mol. The number of ether oxygens (including phenoxy) is 12. The molecule has 2 fully saturated rings. The second-order valence-electron chi connectivity index (χ2n) is 16.2. The number of aromatic hydroxyl groups is 2. The summed E-state index contributed by atoms with van der Waals surface area (Å²) in [5, 5.41) is 20.0. The molecule has 2 aliphatic carbocycles. The fraction of sp³-hybridized carbons (Fsp3) is 0.417. The summed E-state index contributed by atoms with van der Waals surface area (Å²) < 4.78 is 64.5. The highest BCUT2D eigenvalue weighted by Gasteiger charge is 2.55. The quantitative estimate of drug-likeness (QED) is 0.194. The van der Waals surface area contributed by atoms with Crippen molar-refractivity contribution in [1.82, 2.24) is 0 Å². The van der Waals surface area contributed by atoms with Crippen LogP contribution in [-0.4, -0.2) is 161 Å². The molecule has 2 aromatic rings. The Morgan fingerprint density at radius 2 is 0.733 bits per heavy atom. The van der Waals surface area contributed by atoms with E-state index in [-0.39, 0.29) is 27.7 Å². The number of esters is 8. The van der Waals surface area contributed by atoms with Gasteiger partial charge in [0.25, 0.3) is 0 Å². The Morgan fingerprint density at radius 3 is 1.03 bits per heavy atom. The van der Waals surface area contributed by atoms with Gasteiger partial charge in [-0.1, -0.05) is 12.1 Å². The molecule has 4 aliphatic rings. The average Bonchev–Trinajstić information content (AvgIpc) is 3.28. The van der Waals surface area contributed by atoms with E-state index in [1.54, 1.807) is 0 Å². The van der Waals surface area contributed by atoms with Crippen molar-refractivity contribution in [2.24, 2.45) is 0 Å². The molecule has 75 heavy (non-hydrogen) atoms. The van der Waals surface area contributed by atoms with Gasteiger partial charge in [0.05, 0.1) is 11.1 Å². The number of phenols is 2. The Kier molecular flexibility index (Phi) is 20.0. The van der Waals surface area contributed by atoms with E-state index in [1.807, 2.05) is 0 Å². The highest BCUT2D eigenvalue weighted by Crippen LogP contribution is 2.36. The molecule has 404 valence electrons. The normalized spacial score (nSPS) is 24.4. The van der Waals surface area contributed by atoms with Gasteiger partial charge in [-0.3, -0.25) is 57.5 Å². The molecule has 0 saturated carbocycles. The molecule has 27 heteroatoms. The molecule has 4 N–H and O–H groups in total. The Hall–Kier alpha value is -8.56. The first-order valence-corrected chi connectivity index (χ1v) is 22.0. The van der Waals surface area contributed by atoms with Gasteiger partial charge in [-0.2, -0.15) is 0 Å². The van der Waals surface area contributed by atoms with Crippen LogP contribution in [0.1, 0.15) is 96.8 Å². The van der Waals surface area contributed by atoms with Crippen molar-refractivity contribution >= 4 is 70.9 Å². The Bertz CT molecular complexity index is 2520. The summed E-state index contributed by atoms with van der Waals surface area (Å²) in [6.07, 6.45) is -13.4. The van der Waals surface area contributed by atoms with Crippen LogP contribution >= 0.6 is 0 Å². The lowest BCUT2D eigenvalue weighted by Gasteiger charge is -2.44. The average molecular weight is 1060 g/mol. The SMILES string of the molecule is CC(=O)OC[C@H]1O[C@@H](OC2=CC(=O)c3c(O)cccc3C2=O)[C@H](OC(C)=O)[C@@H](OC(C)=O)[C@@H]1OC(C)=O.CC(=O)OC[C@H]1O[C@@H](OC2=CC(=O)c3c(O)cccc3C2=O)[C@H](OC(C)=O)[C@@H](OC(C)=O)[C@@H]1OC(C)=O.O. The zero-order chi connectivity index (χ0) is 54.9. The maximum atomic E-state index is 13.0. The fourth-order valence-corrected chi connectivity index (χ4v) is 7.75. The lowest BCUT2D eigenvalue weighted by Crippen LogP contribution is -2.63. The lowest BCUT2D eigenvalue weighted by molar-refractivity contribution is -0.298. The van der Waals surface area contributed by atoms with Crippen LogP contribution in [0.4, 0.5) is 0 Å². The molecular weight excluding hydrogens is 1010 g/mol. The first-order chi connectivity index (χ1) is 34.8. The molecule has 2 heterocycles. The highest BCUT2D eigenvalue weighted by molar-refractivity contribution is 6.25. The van der Waals surface area contributed by atoms with E-state index in [0.717, 1.165) is 67.5 Å². The van der Waals surface area contributed by atoms with Crippen LogP contribution in [0, 0.1) is 0 Å². The summed E-state index contributed by atoms with van der Waals surface area (Å²) >= 11 is 0. The summed E-state index contributed by atoms with van der Waals surface area (Å²) in [7, 11) is 0. The molecule has 10 atom stereocenters. The second-order valence-corrected chi connectivity index (χ2v) is 16.2. The molecule has 0 amide bonds. The number of hydrogen-bond donors (Lipinski definition) is 2. The van der Waals surface area contributed by atoms with Gasteiger partial charge in [-0.25, -0.2) is 0 Å². The van der Waals surface area contributed by atoms with Gasteiger partial charge < -0.3 is 72.5 Å². The molecule has 2 saturated heterocycles. The fourth-order valence-electron chi connectivity index (χ4n) is 7.75. The van der Waals surface area contributed by atoms with Crippen LogP contribution in [0.3, 0.4) is 0 Å². The summed E-state index contributed by atoms with van der Waals surface area (Å²) in [6, 6.07) is 7.80. The zero-order valence-corrected chi connectivity index (χ0v) is 41.0. The molecule has 6 rings (SSSR count). The molecule has 0 bridgehead atoms. The standard InChI is InChI=1S/2C24H24O13.H2O/c2*1-10(25)32-9-18-21(33-11(2)26)22(34-12(3)27)23(35-13(4)28)24(37-18)36-17-8-16(30)19-14(20(17)31)6-5-7-15(19)29;/h2*5-8,18,21-24,29H,9H2,1-4H3;1H2/t2*18-,21-,22+,23-,24-;/m11./s1. The third kappa shape index (κ3) is 14.8. The number of allylic oxidation sites excluding steroid dienone is 4. The first kappa shape index (κ1) is 59.0. The van der Waals surface area contributed by atoms with E-state index < -0.39 is 169 Å². The summed E-state index contributed by atoms with van der Waals surface area (Å²) in [4.78, 5) is 145. The largest absolute Gasteiger partial charge is 0.507 e. The van der Waals surface area contributed by atoms with Gasteiger partial charge in [-0.05, 0) is 24.3 Å². The first-order valence-electron chi connectivity index (χ1n) is 22.0. The minimum Gasteiger partial charge on any atom is -0.507 e. The number of phenolic OH excluding ortho intramolecular Hbond substituents is 2. The smallest absolute Gasteiger partial charge is 0.303 e. The molecule has 0 unspecified atom stereocenters. The Balaban J connectivity index is 0.000000320. The van der Waals surface area contributed by atoms with Gasteiger partial charge >= 0.3 is 47.8 Å². The number of carbonyl (C=O) groups is 12. The number of carbonyl (C=O) groups excluding carboxylic acids is 12. The third-order valence-corrected chi connectivity index (χ3v) is 10.4. The van der Waals surface area contributed by atoms with Crippen LogP contribution in [0.2, 0.25) is 0 Å². The van der Waals surface area contributed by atoms with Gasteiger partial charge in [0.1, 0.15) is 36.9 Å². The molecule has 27 nitrogen and oxygen atoms in total. The molecule has 2 aromatic carbocycles. The van der Waals surface area contributed by atoms with Crippen molar-refractivity contribution in [3.8, 4) is 11.5 Å². The van der Waals surface area contributed by atoms with Crippen molar-refractivity contribution in [2.75, 3.05) is 13.2 Å². The molecular formula is C48H50O27. The van der Waals surface area contributed by atoms with E-state index in [1.165, 1.54) is 36.4 Å². The van der Waals surface area contributed by atoms with Crippen LogP contribution < -0.4 is 0 Å². The molecule has 0 radical (unpaired) electrons. The number of benzene rings is 2. The van der Waals surface area contributed by atoms with Crippen molar-refractivity contribution in [2.45, 2.75) is 117 Å². The molecule has 0 spiro atoms. The van der Waals surface area contributed by atoms with E-state index in [9.17, 15) is 67.7 Å². The van der Waals surface area contributed by atoms with E-state index in [2.05, 4.69) is 0 Å². The number of hydrogen-bond acceptors (Lipinski definition) is 26. The van der Waals surface area contributed by atoms with Gasteiger partial charge in [-0.15, -0.1) is 0 Å². The second kappa shape index (κ2) is 25.4. The minimum atomic E-state index is -1.69. The van der Waals surface area contributed by atoms with Crippen LogP contribution in [-0.2, 0) is 95.2 Å². The van der Waals surface area contributed by atoms with E-state index in [4.69, 9.17) is 56.8 Å². The number of ketones is 4. The molecule has 2 aliphatic heterocycles. The van der Waals surface area contributed by atoms with Crippen molar-refractivity contribution < 1.29 is 130 Å². The number of fused-ring (bicyclic) bond motifs is 2. The summed E-state index contributed by atoms with van der Waals surface area (Å²) in [5.41, 5.74) is -0.732. The van der Waals surface area contributed by atoms with Gasteiger partial charge in [0.15, 0.2) is 47.5 Å². The third-order valence-electron chi connectivity index (χ3n) is 10.4. The number of rotatable bonds is 14. The van der Waals surface area contributed by atoms with Crippen LogP contribution in [0.25, 0.3) is 0 Å². The maximum Gasteiger partial charge on any atom is 0.303 e. The van der Waals surface area contributed by atoms with Crippen molar-refractivity contribution in [3.05, 3.63) is 82.3 Å². The minimum absolute atomic E-state index is 0. The summed E-state index contributed by atoms with van der Waals surface area (Å²) in [6.45, 7) is 7.57. The lowest BCUT2D eigenvalue weighted by atomic mass is 9.92. The highest BCUT2D eigenvalue weighted by atomic mass is 16.8. The van der Waals surface area contributed by atoms with E-state index >= 15 is 0 Å². The maximum absolute atomic E-state index is 13.0.